The fourth-order valence-corrected chi connectivity index (χ4v) is 8.19. The zero-order valence-corrected chi connectivity index (χ0v) is 18.7. The number of nitrogens with one attached hydrogen (secondary N) is 1. The van der Waals surface area contributed by atoms with Gasteiger partial charge in [-0.15, -0.1) is 0 Å². The van der Waals surface area contributed by atoms with E-state index >= 15 is 0 Å². The first-order valence-electron chi connectivity index (χ1n) is 12.2. The lowest BCUT2D eigenvalue weighted by Gasteiger charge is -2.63. The molecular formula is C24H37FN2O4. The smallest absolute Gasteiger partial charge is 0.173 e. The number of carbonyl (C=O) groups excluding carboxylic acids is 1. The van der Waals surface area contributed by atoms with Crippen molar-refractivity contribution in [3.63, 3.8) is 0 Å². The van der Waals surface area contributed by atoms with Gasteiger partial charge >= 0.3 is 0 Å². The normalized spacial score (nSPS) is 53.2. The van der Waals surface area contributed by atoms with Gasteiger partial charge in [-0.3, -0.25) is 4.79 Å². The predicted octanol–water partition coefficient (Wildman–Crippen LogP) is 2.47. The molecule has 1 saturated heterocycles. The maximum Gasteiger partial charge on any atom is 0.173 e. The van der Waals surface area contributed by atoms with Gasteiger partial charge in [-0.2, -0.15) is 0 Å². The first-order valence-corrected chi connectivity index (χ1v) is 12.2. The van der Waals surface area contributed by atoms with Crippen LogP contribution >= 0.6 is 0 Å². The maximum absolute atomic E-state index is 14.5. The van der Waals surface area contributed by atoms with Gasteiger partial charge in [0.1, 0.15) is 6.10 Å². The molecule has 0 aromatic heterocycles. The second kappa shape index (κ2) is 7.77. The van der Waals surface area contributed by atoms with Gasteiger partial charge in [0.15, 0.2) is 12.0 Å². The van der Waals surface area contributed by atoms with Gasteiger partial charge in [-0.25, -0.2) is 4.39 Å². The fourth-order valence-electron chi connectivity index (χ4n) is 8.19. The highest BCUT2D eigenvalue weighted by Crippen LogP contribution is 2.66. The summed E-state index contributed by atoms with van der Waals surface area (Å²) in [5, 5.41) is 29.6. The molecule has 5 aliphatic rings. The Morgan fingerprint density at radius 1 is 1.23 bits per heavy atom. The average molecular weight is 437 g/mol. The highest BCUT2D eigenvalue weighted by atomic mass is 19.1. The summed E-state index contributed by atoms with van der Waals surface area (Å²) in [5.74, 6) is -0.444. The summed E-state index contributed by atoms with van der Waals surface area (Å²) in [5.41, 5.74) is 0.304. The predicted molar refractivity (Wildman–Crippen MR) is 114 cm³/mol. The third-order valence-electron chi connectivity index (χ3n) is 10.0. The SMILES string of the molecule is CC12CCC3C(C1CC(F)C2=O)[C@H](O)[C@H](CO)C1C/C(=N/OC2CCNC2)CCC31C. The van der Waals surface area contributed by atoms with Crippen molar-refractivity contribution in [2.45, 2.75) is 77.2 Å². The van der Waals surface area contributed by atoms with Crippen LogP contribution in [-0.2, 0) is 9.63 Å². The molecular weight excluding hydrogens is 399 g/mol. The quantitative estimate of drug-likeness (QED) is 0.592. The lowest BCUT2D eigenvalue weighted by Crippen LogP contribution is -2.62. The Labute approximate surface area is 184 Å². The number of hydrogen-bond donors (Lipinski definition) is 3. The molecule has 8 unspecified atom stereocenters. The summed E-state index contributed by atoms with van der Waals surface area (Å²) in [6, 6.07) is 0. The number of fused-ring (bicyclic) bond motifs is 5. The number of aliphatic hydroxyl groups excluding tert-OH is 2. The van der Waals surface area contributed by atoms with Gasteiger partial charge in [0.05, 0.1) is 11.8 Å². The average Bonchev–Trinajstić information content (AvgIpc) is 3.35. The molecule has 1 aliphatic heterocycles. The molecule has 0 radical (unpaired) electrons. The van der Waals surface area contributed by atoms with E-state index in [0.29, 0.717) is 6.42 Å². The lowest BCUT2D eigenvalue weighted by molar-refractivity contribution is -0.188. The van der Waals surface area contributed by atoms with Crippen molar-refractivity contribution < 1.29 is 24.2 Å². The van der Waals surface area contributed by atoms with Crippen molar-refractivity contribution in [2.24, 2.45) is 45.6 Å². The summed E-state index contributed by atoms with van der Waals surface area (Å²) >= 11 is 0. The van der Waals surface area contributed by atoms with E-state index in [1.165, 1.54) is 0 Å². The summed E-state index contributed by atoms with van der Waals surface area (Å²) in [6.45, 7) is 5.90. The summed E-state index contributed by atoms with van der Waals surface area (Å²) in [4.78, 5) is 18.4. The van der Waals surface area contributed by atoms with Crippen molar-refractivity contribution >= 4 is 11.5 Å². The third-order valence-corrected chi connectivity index (χ3v) is 10.0. The molecule has 0 bridgehead atoms. The highest BCUT2D eigenvalue weighted by molar-refractivity contribution is 5.91. The van der Waals surface area contributed by atoms with Gasteiger partial charge in [0, 0.05) is 30.9 Å². The van der Waals surface area contributed by atoms with Crippen LogP contribution in [0.25, 0.3) is 0 Å². The highest BCUT2D eigenvalue weighted by Gasteiger charge is 2.66. The van der Waals surface area contributed by atoms with Crippen LogP contribution in [0.3, 0.4) is 0 Å². The molecule has 1 heterocycles. The lowest BCUT2D eigenvalue weighted by atomic mass is 9.42. The number of oxime groups is 1. The van der Waals surface area contributed by atoms with E-state index < -0.39 is 17.7 Å². The minimum atomic E-state index is -1.41. The number of alkyl halides is 1. The Hall–Kier alpha value is -1.05. The zero-order chi connectivity index (χ0) is 22.0. The van der Waals surface area contributed by atoms with Crippen molar-refractivity contribution in [1.29, 1.82) is 0 Å². The number of nitrogens with zero attached hydrogens (tertiary/aromatic N) is 1. The molecule has 5 rings (SSSR count). The number of ketones is 1. The maximum atomic E-state index is 14.5. The number of aliphatic hydroxyl groups is 2. The van der Waals surface area contributed by atoms with E-state index in [1.807, 2.05) is 6.92 Å². The molecule has 4 saturated carbocycles. The van der Waals surface area contributed by atoms with E-state index in [1.54, 1.807) is 0 Å². The Morgan fingerprint density at radius 2 is 2.03 bits per heavy atom. The Bertz CT molecular complexity index is 756. The Morgan fingerprint density at radius 3 is 2.74 bits per heavy atom. The van der Waals surface area contributed by atoms with Crippen LogP contribution in [0.1, 0.15) is 58.8 Å². The van der Waals surface area contributed by atoms with Crippen LogP contribution in [-0.4, -0.2) is 59.8 Å². The summed E-state index contributed by atoms with van der Waals surface area (Å²) < 4.78 is 14.5. The summed E-state index contributed by atoms with van der Waals surface area (Å²) in [6.07, 6.45) is 3.26. The van der Waals surface area contributed by atoms with Crippen LogP contribution in [0.4, 0.5) is 4.39 Å². The van der Waals surface area contributed by atoms with Gasteiger partial charge in [0.2, 0.25) is 0 Å². The minimum Gasteiger partial charge on any atom is -0.396 e. The Balaban J connectivity index is 1.42. The van der Waals surface area contributed by atoms with E-state index in [0.717, 1.165) is 50.9 Å². The molecule has 0 amide bonds. The first kappa shape index (κ1) is 21.8. The largest absolute Gasteiger partial charge is 0.396 e. The molecule has 0 spiro atoms. The van der Waals surface area contributed by atoms with Crippen LogP contribution < -0.4 is 5.32 Å². The van der Waals surface area contributed by atoms with Crippen LogP contribution in [0.5, 0.6) is 0 Å². The first-order chi connectivity index (χ1) is 14.8. The fraction of sp³-hybridized carbons (Fsp3) is 0.917. The van der Waals surface area contributed by atoms with E-state index in [2.05, 4.69) is 17.4 Å². The Kier molecular flexibility index (Phi) is 5.46. The van der Waals surface area contributed by atoms with Gasteiger partial charge in [0.25, 0.3) is 0 Å². The number of halogens is 1. The van der Waals surface area contributed by atoms with Crippen LogP contribution in [0.15, 0.2) is 5.16 Å². The van der Waals surface area contributed by atoms with Crippen LogP contribution in [0.2, 0.25) is 0 Å². The molecule has 5 fully saturated rings. The van der Waals surface area contributed by atoms with Crippen molar-refractivity contribution in [3.8, 4) is 0 Å². The van der Waals surface area contributed by atoms with Crippen molar-refractivity contribution in [3.05, 3.63) is 0 Å². The number of Topliss-reactive ketones (excluding diaryl/α,β-unsaturated/α-hetero) is 1. The van der Waals surface area contributed by atoms with Crippen molar-refractivity contribution in [1.82, 2.24) is 5.32 Å². The number of rotatable bonds is 3. The molecule has 0 aromatic carbocycles. The molecule has 3 N–H and O–H groups in total. The minimum absolute atomic E-state index is 0.0516. The standard InChI is InChI=1S/C24H37FN2O4/c1-23-6-3-13(27-31-14-5-8-26-11-14)9-17(23)15(12-28)21(29)20-16(23)4-7-24(2)18(20)10-19(25)22(24)30/h14-21,26,28-29H,3-12H2,1-2H3/b27-13+/t14?,15-,16?,17?,18?,19?,20?,21-,23?,24?/m1/s1. The molecule has 4 aliphatic carbocycles. The van der Waals surface area contributed by atoms with Crippen molar-refractivity contribution in [2.75, 3.05) is 19.7 Å². The molecule has 0 aromatic rings. The molecule has 6 nitrogen and oxygen atoms in total. The number of carbonyl (C=O) groups is 1. The molecule has 31 heavy (non-hydrogen) atoms. The van der Waals surface area contributed by atoms with Gasteiger partial charge in [-0.05, 0) is 74.2 Å². The van der Waals surface area contributed by atoms with E-state index in [4.69, 9.17) is 4.84 Å². The molecule has 174 valence electrons. The second-order valence-electron chi connectivity index (χ2n) is 11.3. The van der Waals surface area contributed by atoms with Gasteiger partial charge < -0.3 is 20.4 Å². The monoisotopic (exact) mass is 436 g/mol. The van der Waals surface area contributed by atoms with Crippen LogP contribution in [0, 0.1) is 40.4 Å². The second-order valence-corrected chi connectivity index (χ2v) is 11.3. The molecule has 10 atom stereocenters. The number of hydrogen-bond acceptors (Lipinski definition) is 6. The molecule has 7 heteroatoms. The topological polar surface area (TPSA) is 91.2 Å². The summed E-state index contributed by atoms with van der Waals surface area (Å²) in [7, 11) is 0. The van der Waals surface area contributed by atoms with E-state index in [-0.39, 0.29) is 59.9 Å². The zero-order valence-electron chi connectivity index (χ0n) is 18.7. The third kappa shape index (κ3) is 3.21. The van der Waals surface area contributed by atoms with E-state index in [9.17, 15) is 19.4 Å². The van der Waals surface area contributed by atoms with Gasteiger partial charge in [-0.1, -0.05) is 19.0 Å².